The average molecular weight is 248 g/mol. The molecule has 0 bridgehead atoms. The number of hydrogen-bond acceptors (Lipinski definition) is 2. The third kappa shape index (κ3) is 2.29. The highest BCUT2D eigenvalue weighted by Gasteiger charge is 2.20. The molecule has 2 rings (SSSR count). The van der Waals surface area contributed by atoms with E-state index in [9.17, 15) is 9.50 Å². The number of benzene rings is 1. The van der Waals surface area contributed by atoms with Crippen molar-refractivity contribution in [2.24, 2.45) is 0 Å². The molecule has 0 saturated carbocycles. The lowest BCUT2D eigenvalue weighted by molar-refractivity contribution is 0.200. The van der Waals surface area contributed by atoms with Crippen molar-refractivity contribution >= 4 is 0 Å². The van der Waals surface area contributed by atoms with Crippen LogP contribution in [0.3, 0.4) is 0 Å². The first-order chi connectivity index (χ1) is 8.50. The summed E-state index contributed by atoms with van der Waals surface area (Å²) < 4.78 is 15.5. The van der Waals surface area contributed by atoms with Crippen LogP contribution < -0.4 is 0 Å². The van der Waals surface area contributed by atoms with Crippen LogP contribution in [0.4, 0.5) is 4.39 Å². The maximum absolute atomic E-state index is 13.8. The van der Waals surface area contributed by atoms with Crippen LogP contribution in [0.5, 0.6) is 0 Å². The average Bonchev–Trinajstić information content (AvgIpc) is 2.80. The van der Waals surface area contributed by atoms with Gasteiger partial charge in [0.15, 0.2) is 0 Å². The van der Waals surface area contributed by atoms with E-state index in [1.54, 1.807) is 29.1 Å². The van der Waals surface area contributed by atoms with E-state index in [4.69, 9.17) is 0 Å². The van der Waals surface area contributed by atoms with Crippen LogP contribution in [-0.4, -0.2) is 14.9 Å². The number of hydrogen-bond donors (Lipinski definition) is 1. The fourth-order valence-electron chi connectivity index (χ4n) is 2.00. The van der Waals surface area contributed by atoms with Crippen LogP contribution in [0, 0.1) is 12.7 Å². The minimum absolute atomic E-state index is 0.123. The van der Waals surface area contributed by atoms with Crippen LogP contribution in [-0.2, 0) is 0 Å². The van der Waals surface area contributed by atoms with Gasteiger partial charge in [-0.25, -0.2) is 4.39 Å². The molecule has 1 aromatic heterocycles. The first kappa shape index (κ1) is 12.8. The highest BCUT2D eigenvalue weighted by Crippen LogP contribution is 2.26. The van der Waals surface area contributed by atoms with Crippen LogP contribution in [0.15, 0.2) is 30.5 Å². The molecule has 3 nitrogen and oxygen atoms in total. The third-order valence-corrected chi connectivity index (χ3v) is 2.92. The molecule has 1 aromatic carbocycles. The molecule has 0 aliphatic heterocycles. The van der Waals surface area contributed by atoms with Gasteiger partial charge in [-0.05, 0) is 32.9 Å². The zero-order valence-electron chi connectivity index (χ0n) is 10.8. The molecule has 0 saturated heterocycles. The lowest BCUT2D eigenvalue weighted by atomic mass is 10.0. The second kappa shape index (κ2) is 4.90. The van der Waals surface area contributed by atoms with Crippen molar-refractivity contribution < 1.29 is 9.50 Å². The van der Waals surface area contributed by atoms with Crippen molar-refractivity contribution in [3.8, 4) is 0 Å². The molecular formula is C14H17FN2O. The number of rotatable bonds is 3. The Hall–Kier alpha value is -1.68. The smallest absolute Gasteiger partial charge is 0.129 e. The fraction of sp³-hybridized carbons (Fsp3) is 0.357. The molecule has 0 radical (unpaired) electrons. The molecule has 1 N–H and O–H groups in total. The van der Waals surface area contributed by atoms with E-state index in [1.165, 1.54) is 6.07 Å². The second-order valence-electron chi connectivity index (χ2n) is 4.72. The van der Waals surface area contributed by atoms with E-state index in [0.29, 0.717) is 5.69 Å². The van der Waals surface area contributed by atoms with Crippen molar-refractivity contribution in [2.45, 2.75) is 32.9 Å². The van der Waals surface area contributed by atoms with Crippen molar-refractivity contribution in [1.82, 2.24) is 9.78 Å². The molecular weight excluding hydrogens is 231 g/mol. The Labute approximate surface area is 106 Å². The molecule has 2 aromatic rings. The maximum Gasteiger partial charge on any atom is 0.129 e. The van der Waals surface area contributed by atoms with E-state index in [2.05, 4.69) is 5.10 Å². The molecule has 18 heavy (non-hydrogen) atoms. The molecule has 0 amide bonds. The first-order valence-corrected chi connectivity index (χ1v) is 5.98. The summed E-state index contributed by atoms with van der Waals surface area (Å²) in [6.45, 7) is 5.81. The summed E-state index contributed by atoms with van der Waals surface area (Å²) >= 11 is 0. The predicted molar refractivity (Wildman–Crippen MR) is 67.8 cm³/mol. The molecule has 0 aliphatic rings. The minimum atomic E-state index is -0.991. The lowest BCUT2D eigenvalue weighted by Gasteiger charge is -2.17. The van der Waals surface area contributed by atoms with Crippen molar-refractivity contribution in [1.29, 1.82) is 0 Å². The van der Waals surface area contributed by atoms with E-state index >= 15 is 0 Å². The summed E-state index contributed by atoms with van der Waals surface area (Å²) in [5.41, 5.74) is 1.81. The lowest BCUT2D eigenvalue weighted by Crippen LogP contribution is -2.13. The van der Waals surface area contributed by atoms with Gasteiger partial charge < -0.3 is 5.11 Å². The van der Waals surface area contributed by atoms with E-state index in [-0.39, 0.29) is 11.6 Å². The summed E-state index contributed by atoms with van der Waals surface area (Å²) in [7, 11) is 0. The molecule has 96 valence electrons. The van der Waals surface area contributed by atoms with E-state index in [1.807, 2.05) is 20.8 Å². The molecule has 0 aliphatic carbocycles. The van der Waals surface area contributed by atoms with Crippen molar-refractivity contribution in [3.05, 3.63) is 53.1 Å². The molecule has 0 spiro atoms. The van der Waals surface area contributed by atoms with Crippen LogP contribution in [0.2, 0.25) is 0 Å². The van der Waals surface area contributed by atoms with Crippen LogP contribution in [0.25, 0.3) is 0 Å². The Morgan fingerprint density at radius 1 is 1.28 bits per heavy atom. The number of nitrogens with zero attached hydrogens (tertiary/aromatic N) is 2. The van der Waals surface area contributed by atoms with Crippen LogP contribution >= 0.6 is 0 Å². The summed E-state index contributed by atoms with van der Waals surface area (Å²) in [6.07, 6.45) is 0.626. The van der Waals surface area contributed by atoms with Gasteiger partial charge in [0.05, 0.1) is 5.69 Å². The Morgan fingerprint density at radius 2 is 2.00 bits per heavy atom. The van der Waals surface area contributed by atoms with Crippen molar-refractivity contribution in [2.75, 3.05) is 0 Å². The van der Waals surface area contributed by atoms with E-state index < -0.39 is 11.9 Å². The zero-order valence-corrected chi connectivity index (χ0v) is 10.8. The molecule has 1 atom stereocenters. The monoisotopic (exact) mass is 248 g/mol. The first-order valence-electron chi connectivity index (χ1n) is 5.98. The highest BCUT2D eigenvalue weighted by molar-refractivity contribution is 5.30. The van der Waals surface area contributed by atoms with Gasteiger partial charge in [0.1, 0.15) is 11.9 Å². The Balaban J connectivity index is 2.44. The van der Waals surface area contributed by atoms with Gasteiger partial charge >= 0.3 is 0 Å². The van der Waals surface area contributed by atoms with Gasteiger partial charge in [-0.15, -0.1) is 0 Å². The largest absolute Gasteiger partial charge is 0.382 e. The molecule has 1 unspecified atom stereocenters. The highest BCUT2D eigenvalue weighted by atomic mass is 19.1. The number of aliphatic hydroxyl groups excluding tert-OH is 1. The normalized spacial score (nSPS) is 13.0. The number of halogens is 1. The summed E-state index contributed by atoms with van der Waals surface area (Å²) in [5, 5.41) is 14.5. The number of aliphatic hydroxyl groups is 1. The van der Waals surface area contributed by atoms with Gasteiger partial charge in [0.25, 0.3) is 0 Å². The van der Waals surface area contributed by atoms with Gasteiger partial charge in [0.2, 0.25) is 0 Å². The Morgan fingerprint density at radius 3 is 2.67 bits per heavy atom. The van der Waals surface area contributed by atoms with Crippen LogP contribution in [0.1, 0.15) is 42.8 Å². The maximum atomic E-state index is 13.8. The summed E-state index contributed by atoms with van der Waals surface area (Å²) in [4.78, 5) is 0. The Kier molecular flexibility index (Phi) is 3.48. The molecule has 0 fully saturated rings. The number of aryl methyl sites for hydroxylation is 1. The fourth-order valence-corrected chi connectivity index (χ4v) is 2.00. The zero-order chi connectivity index (χ0) is 13.3. The van der Waals surface area contributed by atoms with Gasteiger partial charge in [-0.2, -0.15) is 5.10 Å². The quantitative estimate of drug-likeness (QED) is 0.906. The topological polar surface area (TPSA) is 38.1 Å². The number of aromatic nitrogens is 2. The predicted octanol–water partition coefficient (Wildman–Crippen LogP) is 2.99. The molecule has 1 heterocycles. The third-order valence-electron chi connectivity index (χ3n) is 2.92. The van der Waals surface area contributed by atoms with Gasteiger partial charge in [0, 0.05) is 17.8 Å². The SMILES string of the molecule is Cc1ccc(F)c(C(O)c2ccnn2C(C)C)c1. The summed E-state index contributed by atoms with van der Waals surface area (Å²) in [5.74, 6) is -0.399. The summed E-state index contributed by atoms with van der Waals surface area (Å²) in [6, 6.07) is 6.57. The van der Waals surface area contributed by atoms with E-state index in [0.717, 1.165) is 5.56 Å². The van der Waals surface area contributed by atoms with Gasteiger partial charge in [-0.1, -0.05) is 17.7 Å². The van der Waals surface area contributed by atoms with Gasteiger partial charge in [-0.3, -0.25) is 4.68 Å². The standard InChI is InChI=1S/C14H17FN2O/c1-9(2)17-13(6-7-16-17)14(18)11-8-10(3)4-5-12(11)15/h4-9,14,18H,1-3H3. The minimum Gasteiger partial charge on any atom is -0.382 e. The second-order valence-corrected chi connectivity index (χ2v) is 4.72. The van der Waals surface area contributed by atoms with Crippen molar-refractivity contribution in [3.63, 3.8) is 0 Å². The Bertz CT molecular complexity index is 548. The molecule has 4 heteroatoms.